The molecule has 1 atom stereocenters. The van der Waals surface area contributed by atoms with Gasteiger partial charge in [0.2, 0.25) is 0 Å². The van der Waals surface area contributed by atoms with Crippen molar-refractivity contribution in [2.75, 3.05) is 13.2 Å². The lowest BCUT2D eigenvalue weighted by atomic mass is 10.2. The third-order valence-electron chi connectivity index (χ3n) is 1.47. The maximum Gasteiger partial charge on any atom is 0.408 e. The van der Waals surface area contributed by atoms with Crippen LogP contribution in [0.25, 0.3) is 0 Å². The van der Waals surface area contributed by atoms with E-state index in [4.69, 9.17) is 0 Å². The first-order valence-electron chi connectivity index (χ1n) is 4.63. The highest BCUT2D eigenvalue weighted by atomic mass is 16.6. The molecule has 0 aliphatic carbocycles. The summed E-state index contributed by atoms with van der Waals surface area (Å²) in [4.78, 5) is 33.2. The number of hydrogen-bond acceptors (Lipinski definition) is 5. The molecule has 0 aromatic carbocycles. The van der Waals surface area contributed by atoms with Gasteiger partial charge in [0.25, 0.3) is 0 Å². The molecular formula is C9H15NO5. The monoisotopic (exact) mass is 217 g/mol. The number of esters is 1. The van der Waals surface area contributed by atoms with E-state index in [2.05, 4.69) is 14.8 Å². The number of rotatable bonds is 5. The van der Waals surface area contributed by atoms with E-state index in [1.165, 1.54) is 6.92 Å². The van der Waals surface area contributed by atoms with Crippen LogP contribution in [0.15, 0.2) is 0 Å². The minimum Gasteiger partial charge on any atom is -0.464 e. The summed E-state index contributed by atoms with van der Waals surface area (Å²) in [6.45, 7) is 4.73. The molecule has 0 fully saturated rings. The van der Waals surface area contributed by atoms with Gasteiger partial charge in [0.1, 0.15) is 0 Å². The molecule has 0 rings (SSSR count). The highest BCUT2D eigenvalue weighted by Crippen LogP contribution is 1.93. The van der Waals surface area contributed by atoms with Crippen LogP contribution in [-0.2, 0) is 19.1 Å². The smallest absolute Gasteiger partial charge is 0.408 e. The van der Waals surface area contributed by atoms with Gasteiger partial charge in [-0.3, -0.25) is 4.79 Å². The molecule has 0 saturated heterocycles. The van der Waals surface area contributed by atoms with E-state index in [1.807, 2.05) is 0 Å². The average Bonchev–Trinajstić information content (AvgIpc) is 2.14. The van der Waals surface area contributed by atoms with E-state index < -0.39 is 23.9 Å². The highest BCUT2D eigenvalue weighted by molar-refractivity contribution is 6.04. The molecule has 0 saturated carbocycles. The normalized spacial score (nSPS) is 11.4. The SMILES string of the molecule is CCOC(=O)N[C@H](C(C)=O)C(=O)OCC. The summed E-state index contributed by atoms with van der Waals surface area (Å²) in [5, 5.41) is 2.12. The second kappa shape index (κ2) is 6.80. The molecule has 6 nitrogen and oxygen atoms in total. The Labute approximate surface area is 87.9 Å². The van der Waals surface area contributed by atoms with E-state index in [0.29, 0.717) is 0 Å². The summed E-state index contributed by atoms with van der Waals surface area (Å²) in [5.41, 5.74) is 0. The van der Waals surface area contributed by atoms with Crippen LogP contribution in [0, 0.1) is 0 Å². The summed E-state index contributed by atoms with van der Waals surface area (Å²) in [5.74, 6) is -1.28. The van der Waals surface area contributed by atoms with E-state index in [1.54, 1.807) is 13.8 Å². The number of amides is 1. The van der Waals surface area contributed by atoms with Crippen molar-refractivity contribution < 1.29 is 23.9 Å². The molecule has 0 bridgehead atoms. The van der Waals surface area contributed by atoms with Gasteiger partial charge in [0, 0.05) is 0 Å². The molecule has 0 aliphatic heterocycles. The van der Waals surface area contributed by atoms with E-state index >= 15 is 0 Å². The minimum atomic E-state index is -1.29. The predicted octanol–water partition coefficient (Wildman–Crippen LogP) is 0.253. The Balaban J connectivity index is 4.34. The zero-order chi connectivity index (χ0) is 11.8. The first kappa shape index (κ1) is 13.4. The summed E-state index contributed by atoms with van der Waals surface area (Å²) in [6.07, 6.45) is -0.814. The third kappa shape index (κ3) is 4.99. The summed E-state index contributed by atoms with van der Waals surface area (Å²) in [6, 6.07) is -1.29. The Hall–Kier alpha value is -1.59. The van der Waals surface area contributed by atoms with E-state index in [9.17, 15) is 14.4 Å². The van der Waals surface area contributed by atoms with Crippen LogP contribution >= 0.6 is 0 Å². The zero-order valence-corrected chi connectivity index (χ0v) is 9.03. The first-order valence-corrected chi connectivity index (χ1v) is 4.63. The number of alkyl carbamates (subject to hydrolysis) is 1. The number of carbonyl (C=O) groups excluding carboxylic acids is 3. The van der Waals surface area contributed by atoms with E-state index in [0.717, 1.165) is 0 Å². The van der Waals surface area contributed by atoms with Gasteiger partial charge in [-0.05, 0) is 20.8 Å². The fraction of sp³-hybridized carbons (Fsp3) is 0.667. The summed E-state index contributed by atoms with van der Waals surface area (Å²) in [7, 11) is 0. The van der Waals surface area contributed by atoms with Gasteiger partial charge in [-0.25, -0.2) is 9.59 Å². The van der Waals surface area contributed by atoms with Crippen molar-refractivity contribution in [1.82, 2.24) is 5.32 Å². The maximum atomic E-state index is 11.2. The number of nitrogens with one attached hydrogen (secondary N) is 1. The lowest BCUT2D eigenvalue weighted by Gasteiger charge is -2.13. The largest absolute Gasteiger partial charge is 0.464 e. The number of ether oxygens (including phenoxy) is 2. The van der Waals surface area contributed by atoms with Crippen molar-refractivity contribution >= 4 is 17.8 Å². The molecule has 15 heavy (non-hydrogen) atoms. The topological polar surface area (TPSA) is 81.7 Å². The van der Waals surface area contributed by atoms with Gasteiger partial charge in [-0.15, -0.1) is 0 Å². The van der Waals surface area contributed by atoms with Crippen molar-refractivity contribution in [3.63, 3.8) is 0 Å². The molecule has 6 heteroatoms. The van der Waals surface area contributed by atoms with Crippen LogP contribution in [0.5, 0.6) is 0 Å². The summed E-state index contributed by atoms with van der Waals surface area (Å²) >= 11 is 0. The molecule has 1 amide bonds. The van der Waals surface area contributed by atoms with Gasteiger partial charge in [0.15, 0.2) is 11.8 Å². The van der Waals surface area contributed by atoms with Crippen molar-refractivity contribution in [2.45, 2.75) is 26.8 Å². The molecular weight excluding hydrogens is 202 g/mol. The van der Waals surface area contributed by atoms with Crippen LogP contribution < -0.4 is 5.32 Å². The van der Waals surface area contributed by atoms with Crippen LogP contribution in [0.2, 0.25) is 0 Å². The molecule has 0 aliphatic rings. The lowest BCUT2D eigenvalue weighted by molar-refractivity contribution is -0.148. The van der Waals surface area contributed by atoms with Gasteiger partial charge >= 0.3 is 12.1 Å². The highest BCUT2D eigenvalue weighted by Gasteiger charge is 2.26. The fourth-order valence-electron chi connectivity index (χ4n) is 0.843. The molecule has 86 valence electrons. The maximum absolute atomic E-state index is 11.2. The van der Waals surface area contributed by atoms with Gasteiger partial charge in [-0.1, -0.05) is 0 Å². The molecule has 0 heterocycles. The van der Waals surface area contributed by atoms with Crippen molar-refractivity contribution in [1.29, 1.82) is 0 Å². The Morgan fingerprint density at radius 1 is 1.13 bits per heavy atom. The molecule has 0 aromatic rings. The Kier molecular flexibility index (Phi) is 6.08. The Morgan fingerprint density at radius 2 is 1.67 bits per heavy atom. The average molecular weight is 217 g/mol. The number of carbonyl (C=O) groups is 3. The Morgan fingerprint density at radius 3 is 2.07 bits per heavy atom. The standard InChI is InChI=1S/C9H15NO5/c1-4-14-8(12)7(6(3)11)10-9(13)15-5-2/h7H,4-5H2,1-3H3,(H,10,13)/t7-/m1/s1. The quantitative estimate of drug-likeness (QED) is 0.527. The van der Waals surface area contributed by atoms with Gasteiger partial charge < -0.3 is 14.8 Å². The van der Waals surface area contributed by atoms with Gasteiger partial charge in [-0.2, -0.15) is 0 Å². The van der Waals surface area contributed by atoms with Crippen molar-refractivity contribution in [2.24, 2.45) is 0 Å². The van der Waals surface area contributed by atoms with Crippen molar-refractivity contribution in [3.8, 4) is 0 Å². The molecule has 0 spiro atoms. The third-order valence-corrected chi connectivity index (χ3v) is 1.47. The van der Waals surface area contributed by atoms with Crippen LogP contribution in [-0.4, -0.2) is 37.1 Å². The molecule has 0 radical (unpaired) electrons. The second-order valence-corrected chi connectivity index (χ2v) is 2.66. The second-order valence-electron chi connectivity index (χ2n) is 2.66. The fourth-order valence-corrected chi connectivity index (χ4v) is 0.843. The first-order chi connectivity index (χ1) is 7.02. The lowest BCUT2D eigenvalue weighted by Crippen LogP contribution is -2.46. The van der Waals surface area contributed by atoms with Gasteiger partial charge in [0.05, 0.1) is 13.2 Å². The number of hydrogen-bond donors (Lipinski definition) is 1. The van der Waals surface area contributed by atoms with Crippen LogP contribution in [0.4, 0.5) is 4.79 Å². The van der Waals surface area contributed by atoms with Crippen LogP contribution in [0.1, 0.15) is 20.8 Å². The van der Waals surface area contributed by atoms with E-state index in [-0.39, 0.29) is 13.2 Å². The van der Waals surface area contributed by atoms with Crippen LogP contribution in [0.3, 0.4) is 0 Å². The predicted molar refractivity (Wildman–Crippen MR) is 51.3 cm³/mol. The zero-order valence-electron chi connectivity index (χ0n) is 9.03. The van der Waals surface area contributed by atoms with Crippen molar-refractivity contribution in [3.05, 3.63) is 0 Å². The molecule has 1 N–H and O–H groups in total. The summed E-state index contributed by atoms with van der Waals surface area (Å²) < 4.78 is 9.16. The Bertz CT molecular complexity index is 251. The molecule has 0 aromatic heterocycles. The number of Topliss-reactive ketones (excluding diaryl/α,β-unsaturated/α-hetero) is 1. The molecule has 0 unspecified atom stereocenters. The minimum absolute atomic E-state index is 0.146. The number of ketones is 1.